The molecule has 3 nitrogen and oxygen atoms in total. The van der Waals surface area contributed by atoms with E-state index in [2.05, 4.69) is 0 Å². The Hall–Kier alpha value is -2.26. The smallest absolute Gasteiger partial charge is 0.131 e. The van der Waals surface area contributed by atoms with Gasteiger partial charge in [0.25, 0.3) is 0 Å². The molecule has 0 aromatic heterocycles. The monoisotopic (exact) mass is 298 g/mol. The van der Waals surface area contributed by atoms with Gasteiger partial charge in [0.2, 0.25) is 0 Å². The van der Waals surface area contributed by atoms with Crippen LogP contribution in [0.5, 0.6) is 17.2 Å². The molecule has 2 aromatic carbocycles. The normalized spacial score (nSPS) is 11.3. The van der Waals surface area contributed by atoms with E-state index < -0.39 is 0 Å². The Bertz CT molecular complexity index is 591. The third kappa shape index (κ3) is 5.62. The third-order valence-corrected chi connectivity index (χ3v) is 3.00. The minimum atomic E-state index is 0.544. The maximum Gasteiger partial charge on any atom is 0.131 e. The highest BCUT2D eigenvalue weighted by Crippen LogP contribution is 2.25. The summed E-state index contributed by atoms with van der Waals surface area (Å²) in [6, 6.07) is 17.4. The van der Waals surface area contributed by atoms with E-state index in [0.717, 1.165) is 29.4 Å². The molecule has 0 saturated heterocycles. The van der Waals surface area contributed by atoms with Crippen molar-refractivity contribution in [1.29, 1.82) is 0 Å². The number of ether oxygens (including phenoxy) is 3. The summed E-state index contributed by atoms with van der Waals surface area (Å²) in [5.41, 5.74) is 1.14. The molecule has 0 bridgehead atoms. The van der Waals surface area contributed by atoms with E-state index in [0.29, 0.717) is 13.2 Å². The van der Waals surface area contributed by atoms with Crippen LogP contribution >= 0.6 is 0 Å². The molecule has 0 radical (unpaired) electrons. The van der Waals surface area contributed by atoms with Crippen molar-refractivity contribution >= 4 is 0 Å². The standard InChI is InChI=1S/C19H22O3/c1-3-20-13-12-16(2)15-21-18-10-7-11-19(14-18)22-17-8-5-4-6-9-17/h4-12,14H,3,13,15H2,1-2H3. The molecule has 0 N–H and O–H groups in total. The van der Waals surface area contributed by atoms with Gasteiger partial charge in [-0.3, -0.25) is 0 Å². The zero-order valence-electron chi connectivity index (χ0n) is 13.1. The van der Waals surface area contributed by atoms with Crippen LogP contribution in [-0.4, -0.2) is 19.8 Å². The maximum atomic E-state index is 5.79. The summed E-state index contributed by atoms with van der Waals surface area (Å²) in [5.74, 6) is 2.37. The van der Waals surface area contributed by atoms with Gasteiger partial charge in [0, 0.05) is 12.7 Å². The van der Waals surface area contributed by atoms with Crippen LogP contribution < -0.4 is 9.47 Å². The third-order valence-electron chi connectivity index (χ3n) is 3.00. The highest BCUT2D eigenvalue weighted by atomic mass is 16.5. The van der Waals surface area contributed by atoms with E-state index in [4.69, 9.17) is 14.2 Å². The van der Waals surface area contributed by atoms with Gasteiger partial charge >= 0.3 is 0 Å². The van der Waals surface area contributed by atoms with Gasteiger partial charge in [-0.1, -0.05) is 30.3 Å². The zero-order valence-corrected chi connectivity index (χ0v) is 13.1. The van der Waals surface area contributed by atoms with Crippen LogP contribution in [0.2, 0.25) is 0 Å². The van der Waals surface area contributed by atoms with E-state index in [9.17, 15) is 0 Å². The maximum absolute atomic E-state index is 5.79. The van der Waals surface area contributed by atoms with E-state index >= 15 is 0 Å². The Labute approximate surface area is 132 Å². The molecule has 2 aromatic rings. The molecule has 0 spiro atoms. The van der Waals surface area contributed by atoms with E-state index in [1.807, 2.05) is 74.5 Å². The molecule has 116 valence electrons. The van der Waals surface area contributed by atoms with Gasteiger partial charge in [-0.05, 0) is 43.7 Å². The molecule has 0 amide bonds. The first-order chi connectivity index (χ1) is 10.8. The predicted octanol–water partition coefficient (Wildman–Crippen LogP) is 4.84. The first-order valence-corrected chi connectivity index (χ1v) is 7.47. The number of hydrogen-bond acceptors (Lipinski definition) is 3. The Morgan fingerprint density at radius 3 is 2.45 bits per heavy atom. The number of rotatable bonds is 8. The quantitative estimate of drug-likeness (QED) is 0.515. The second-order valence-corrected chi connectivity index (χ2v) is 4.89. The van der Waals surface area contributed by atoms with Crippen molar-refractivity contribution in [1.82, 2.24) is 0 Å². The van der Waals surface area contributed by atoms with Gasteiger partial charge in [-0.2, -0.15) is 0 Å². The van der Waals surface area contributed by atoms with Crippen LogP contribution in [0.3, 0.4) is 0 Å². The van der Waals surface area contributed by atoms with Crippen LogP contribution in [0.1, 0.15) is 13.8 Å². The van der Waals surface area contributed by atoms with Gasteiger partial charge < -0.3 is 14.2 Å². The molecular formula is C19H22O3. The van der Waals surface area contributed by atoms with E-state index in [1.165, 1.54) is 0 Å². The molecule has 22 heavy (non-hydrogen) atoms. The molecule has 0 atom stereocenters. The van der Waals surface area contributed by atoms with Crippen LogP contribution in [0.25, 0.3) is 0 Å². The number of benzene rings is 2. The highest BCUT2D eigenvalue weighted by molar-refractivity contribution is 5.36. The fourth-order valence-electron chi connectivity index (χ4n) is 1.83. The molecule has 0 saturated carbocycles. The molecule has 0 heterocycles. The fourth-order valence-corrected chi connectivity index (χ4v) is 1.83. The topological polar surface area (TPSA) is 27.7 Å². The van der Waals surface area contributed by atoms with Crippen molar-refractivity contribution in [3.63, 3.8) is 0 Å². The van der Waals surface area contributed by atoms with Crippen molar-refractivity contribution in [2.45, 2.75) is 13.8 Å². The Morgan fingerprint density at radius 2 is 1.68 bits per heavy atom. The average Bonchev–Trinajstić information content (AvgIpc) is 2.55. The summed E-state index contributed by atoms with van der Waals surface area (Å²) in [4.78, 5) is 0. The van der Waals surface area contributed by atoms with Gasteiger partial charge in [0.1, 0.15) is 23.9 Å². The summed E-state index contributed by atoms with van der Waals surface area (Å²) in [7, 11) is 0. The lowest BCUT2D eigenvalue weighted by molar-refractivity contribution is 0.176. The lowest BCUT2D eigenvalue weighted by Gasteiger charge is -2.09. The summed E-state index contributed by atoms with van der Waals surface area (Å²) in [6.45, 7) is 5.91. The largest absolute Gasteiger partial charge is 0.489 e. The number of para-hydroxylation sites is 1. The predicted molar refractivity (Wildman–Crippen MR) is 88.7 cm³/mol. The Morgan fingerprint density at radius 1 is 0.955 bits per heavy atom. The van der Waals surface area contributed by atoms with Crippen molar-refractivity contribution in [2.75, 3.05) is 19.8 Å². The molecule has 0 aliphatic carbocycles. The van der Waals surface area contributed by atoms with Crippen molar-refractivity contribution in [3.05, 3.63) is 66.2 Å². The van der Waals surface area contributed by atoms with Crippen LogP contribution in [0.15, 0.2) is 66.2 Å². The fraction of sp³-hybridized carbons (Fsp3) is 0.263. The van der Waals surface area contributed by atoms with Gasteiger partial charge in [-0.15, -0.1) is 0 Å². The minimum absolute atomic E-state index is 0.544. The molecule has 0 fully saturated rings. The van der Waals surface area contributed by atoms with Gasteiger partial charge in [0.15, 0.2) is 0 Å². The lowest BCUT2D eigenvalue weighted by Crippen LogP contribution is -2.00. The minimum Gasteiger partial charge on any atom is -0.489 e. The van der Waals surface area contributed by atoms with Crippen LogP contribution in [0, 0.1) is 0 Å². The molecule has 0 unspecified atom stereocenters. The van der Waals surface area contributed by atoms with E-state index in [-0.39, 0.29) is 0 Å². The van der Waals surface area contributed by atoms with E-state index in [1.54, 1.807) is 0 Å². The summed E-state index contributed by atoms with van der Waals surface area (Å²) in [6.07, 6.45) is 2.04. The zero-order chi connectivity index (χ0) is 15.6. The van der Waals surface area contributed by atoms with Crippen molar-refractivity contribution < 1.29 is 14.2 Å². The highest BCUT2D eigenvalue weighted by Gasteiger charge is 2.00. The number of hydrogen-bond donors (Lipinski definition) is 0. The SMILES string of the molecule is CCOCC=C(C)COc1cccc(Oc2ccccc2)c1. The molecule has 2 rings (SSSR count). The van der Waals surface area contributed by atoms with Crippen molar-refractivity contribution in [2.24, 2.45) is 0 Å². The second kappa shape index (κ2) is 8.90. The average molecular weight is 298 g/mol. The Balaban J connectivity index is 1.90. The summed E-state index contributed by atoms with van der Waals surface area (Å²) in [5, 5.41) is 0. The molecular weight excluding hydrogens is 276 g/mol. The van der Waals surface area contributed by atoms with Crippen LogP contribution in [0.4, 0.5) is 0 Å². The van der Waals surface area contributed by atoms with Crippen LogP contribution in [-0.2, 0) is 4.74 Å². The summed E-state index contributed by atoms with van der Waals surface area (Å²) < 4.78 is 16.9. The lowest BCUT2D eigenvalue weighted by atomic mass is 10.3. The molecule has 0 aliphatic rings. The first kappa shape index (κ1) is 16.1. The van der Waals surface area contributed by atoms with Crippen molar-refractivity contribution in [3.8, 4) is 17.2 Å². The first-order valence-electron chi connectivity index (χ1n) is 7.47. The van der Waals surface area contributed by atoms with Gasteiger partial charge in [0.05, 0.1) is 6.61 Å². The Kier molecular flexibility index (Phi) is 6.52. The second-order valence-electron chi connectivity index (χ2n) is 4.89. The summed E-state index contributed by atoms with van der Waals surface area (Å²) >= 11 is 0. The molecule has 0 aliphatic heterocycles. The van der Waals surface area contributed by atoms with Gasteiger partial charge in [-0.25, -0.2) is 0 Å². The molecule has 3 heteroatoms.